The summed E-state index contributed by atoms with van der Waals surface area (Å²) in [6.45, 7) is 6.60. The first-order chi connectivity index (χ1) is 19.6. The molecule has 6 rings (SSSR count). The van der Waals surface area contributed by atoms with Gasteiger partial charge in [0.05, 0.1) is 36.4 Å². The Labute approximate surface area is 233 Å². The van der Waals surface area contributed by atoms with E-state index in [0.29, 0.717) is 37.4 Å². The van der Waals surface area contributed by atoms with Crippen LogP contribution in [0.2, 0.25) is 0 Å². The first-order valence-electron chi connectivity index (χ1n) is 13.6. The number of carbonyl (C=O) groups is 1. The van der Waals surface area contributed by atoms with Crippen LogP contribution in [-0.2, 0) is 9.53 Å². The fourth-order valence-corrected chi connectivity index (χ4v) is 5.48. The van der Waals surface area contributed by atoms with Gasteiger partial charge in [-0.1, -0.05) is 49.0 Å². The number of carbonyl (C=O) groups excluding carboxylic acids is 1. The minimum atomic E-state index is 0.00684. The van der Waals surface area contributed by atoms with Crippen molar-refractivity contribution in [1.82, 2.24) is 24.6 Å². The summed E-state index contributed by atoms with van der Waals surface area (Å²) in [6.07, 6.45) is 6.83. The molecule has 0 unspecified atom stereocenters. The molecular weight excluding hydrogens is 506 g/mol. The molecule has 2 aromatic heterocycles. The van der Waals surface area contributed by atoms with Crippen LogP contribution in [0.4, 0.5) is 0 Å². The van der Waals surface area contributed by atoms with Gasteiger partial charge in [-0.3, -0.25) is 9.20 Å². The number of hydrogen-bond donors (Lipinski definition) is 1. The van der Waals surface area contributed by atoms with Crippen LogP contribution < -0.4 is 14.8 Å². The van der Waals surface area contributed by atoms with E-state index in [4.69, 9.17) is 19.2 Å². The van der Waals surface area contributed by atoms with Gasteiger partial charge in [-0.15, -0.1) is 0 Å². The molecule has 206 valence electrons. The zero-order valence-electron chi connectivity index (χ0n) is 22.6. The maximum Gasteiger partial charge on any atom is 0.245 e. The highest BCUT2D eigenvalue weighted by Gasteiger charge is 2.30. The average molecular weight is 540 g/mol. The topological polar surface area (TPSA) is 90.2 Å². The van der Waals surface area contributed by atoms with Gasteiger partial charge in [0.15, 0.2) is 5.75 Å². The Hall–Kier alpha value is -4.21. The summed E-state index contributed by atoms with van der Waals surface area (Å²) < 4.78 is 19.1. The minimum absolute atomic E-state index is 0.00684. The van der Waals surface area contributed by atoms with Gasteiger partial charge < -0.3 is 24.4 Å². The van der Waals surface area contributed by atoms with Crippen LogP contribution in [0.25, 0.3) is 28.3 Å². The van der Waals surface area contributed by atoms with Crippen molar-refractivity contribution in [3.05, 3.63) is 79.1 Å². The van der Waals surface area contributed by atoms with Gasteiger partial charge >= 0.3 is 0 Å². The van der Waals surface area contributed by atoms with E-state index in [9.17, 15) is 4.79 Å². The van der Waals surface area contributed by atoms with Crippen molar-refractivity contribution < 1.29 is 19.0 Å². The Morgan fingerprint density at radius 1 is 1.15 bits per heavy atom. The first-order valence-corrected chi connectivity index (χ1v) is 13.6. The molecule has 0 aliphatic carbocycles. The molecule has 2 aromatic carbocycles. The number of piperidine rings is 1. The second-order valence-electron chi connectivity index (χ2n) is 10.1. The first kappa shape index (κ1) is 26.0. The Balaban J connectivity index is 1.27. The molecular formula is C31H33N5O4. The largest absolute Gasteiger partial charge is 0.491 e. The van der Waals surface area contributed by atoms with Gasteiger partial charge in [0, 0.05) is 42.9 Å². The van der Waals surface area contributed by atoms with Crippen molar-refractivity contribution in [2.75, 3.05) is 40.0 Å². The fraction of sp³-hybridized carbons (Fsp3) is 0.323. The second kappa shape index (κ2) is 11.5. The average Bonchev–Trinajstić information content (AvgIpc) is 3.58. The van der Waals surface area contributed by atoms with Crippen LogP contribution in [0.1, 0.15) is 24.4 Å². The number of nitrogens with one attached hydrogen (secondary N) is 1. The highest BCUT2D eigenvalue weighted by molar-refractivity contribution is 5.87. The molecule has 2 aliphatic heterocycles. The lowest BCUT2D eigenvalue weighted by Gasteiger charge is -2.33. The van der Waals surface area contributed by atoms with Crippen molar-refractivity contribution >= 4 is 11.7 Å². The predicted octanol–water partition coefficient (Wildman–Crippen LogP) is 4.29. The third-order valence-corrected chi connectivity index (χ3v) is 7.55. The van der Waals surface area contributed by atoms with E-state index in [-0.39, 0.29) is 11.9 Å². The fourth-order valence-electron chi connectivity index (χ4n) is 5.48. The number of fused-ring (bicyclic) bond motifs is 2. The molecule has 0 radical (unpaired) electrons. The lowest BCUT2D eigenvalue weighted by atomic mass is 9.99. The number of benzene rings is 2. The zero-order valence-corrected chi connectivity index (χ0v) is 22.6. The summed E-state index contributed by atoms with van der Waals surface area (Å²) in [5, 5.41) is 3.76. The molecule has 40 heavy (non-hydrogen) atoms. The van der Waals surface area contributed by atoms with Crippen LogP contribution in [0, 0.1) is 0 Å². The van der Waals surface area contributed by atoms with Crippen LogP contribution >= 0.6 is 0 Å². The monoisotopic (exact) mass is 539 g/mol. The summed E-state index contributed by atoms with van der Waals surface area (Å²) in [5.41, 5.74) is 4.90. The van der Waals surface area contributed by atoms with Crippen LogP contribution in [0.5, 0.6) is 11.5 Å². The van der Waals surface area contributed by atoms with Crippen molar-refractivity contribution in [1.29, 1.82) is 0 Å². The number of likely N-dealkylation sites (tertiary alicyclic amines) is 1. The number of hydrogen-bond acceptors (Lipinski definition) is 7. The molecule has 9 nitrogen and oxygen atoms in total. The number of amides is 1. The molecule has 4 aromatic rings. The van der Waals surface area contributed by atoms with E-state index < -0.39 is 0 Å². The SMILES string of the molecule is C=CC(=O)N1CCC(N[C@H]2COc3cc(-c4nc5ncc(OCCOC)cn5c4-c4ccccc4)ccc32)CC1. The molecule has 0 spiro atoms. The van der Waals surface area contributed by atoms with Crippen molar-refractivity contribution in [2.45, 2.75) is 24.9 Å². The number of ether oxygens (including phenoxy) is 3. The van der Waals surface area contributed by atoms with E-state index in [1.54, 1.807) is 13.3 Å². The summed E-state index contributed by atoms with van der Waals surface area (Å²) in [6, 6.07) is 17.0. The van der Waals surface area contributed by atoms with Crippen LogP contribution in [-0.4, -0.2) is 71.2 Å². The Morgan fingerprint density at radius 3 is 2.75 bits per heavy atom. The zero-order chi connectivity index (χ0) is 27.5. The maximum atomic E-state index is 11.9. The van der Waals surface area contributed by atoms with Gasteiger partial charge in [-0.25, -0.2) is 9.97 Å². The van der Waals surface area contributed by atoms with Gasteiger partial charge in [-0.2, -0.15) is 0 Å². The Morgan fingerprint density at radius 2 is 1.98 bits per heavy atom. The number of rotatable bonds is 9. The molecule has 0 saturated carbocycles. The number of aromatic nitrogens is 3. The van der Waals surface area contributed by atoms with Crippen molar-refractivity contribution in [3.63, 3.8) is 0 Å². The predicted molar refractivity (Wildman–Crippen MR) is 152 cm³/mol. The summed E-state index contributed by atoms with van der Waals surface area (Å²) in [4.78, 5) is 23.3. The third kappa shape index (κ3) is 5.17. The maximum absolute atomic E-state index is 11.9. The smallest absolute Gasteiger partial charge is 0.245 e. The lowest BCUT2D eigenvalue weighted by molar-refractivity contribution is -0.127. The Bertz CT molecular complexity index is 1510. The third-order valence-electron chi connectivity index (χ3n) is 7.55. The molecule has 1 amide bonds. The highest BCUT2D eigenvalue weighted by Crippen LogP contribution is 2.39. The minimum Gasteiger partial charge on any atom is -0.491 e. The van der Waals surface area contributed by atoms with Crippen LogP contribution in [0.3, 0.4) is 0 Å². The lowest BCUT2D eigenvalue weighted by Crippen LogP contribution is -2.45. The number of imidazole rings is 1. The normalized spacial score (nSPS) is 17.0. The van der Waals surface area contributed by atoms with E-state index in [0.717, 1.165) is 59.8 Å². The molecule has 0 bridgehead atoms. The molecule has 9 heteroatoms. The molecule has 1 N–H and O–H groups in total. The molecule has 1 atom stereocenters. The van der Waals surface area contributed by atoms with Gasteiger partial charge in [0.1, 0.15) is 19.0 Å². The quantitative estimate of drug-likeness (QED) is 0.251. The number of methoxy groups -OCH3 is 1. The van der Waals surface area contributed by atoms with E-state index in [1.165, 1.54) is 6.08 Å². The summed E-state index contributed by atoms with van der Waals surface area (Å²) >= 11 is 0. The van der Waals surface area contributed by atoms with Gasteiger partial charge in [0.2, 0.25) is 11.7 Å². The van der Waals surface area contributed by atoms with E-state index >= 15 is 0 Å². The van der Waals surface area contributed by atoms with Crippen molar-refractivity contribution in [3.8, 4) is 34.0 Å². The van der Waals surface area contributed by atoms with Crippen molar-refractivity contribution in [2.24, 2.45) is 0 Å². The second-order valence-corrected chi connectivity index (χ2v) is 10.1. The summed E-state index contributed by atoms with van der Waals surface area (Å²) in [5.74, 6) is 2.11. The molecule has 1 fully saturated rings. The van der Waals surface area contributed by atoms with E-state index in [2.05, 4.69) is 47.2 Å². The van der Waals surface area contributed by atoms with Gasteiger partial charge in [0.25, 0.3) is 0 Å². The van der Waals surface area contributed by atoms with Crippen LogP contribution in [0.15, 0.2) is 73.6 Å². The van der Waals surface area contributed by atoms with E-state index in [1.807, 2.05) is 33.7 Å². The summed E-state index contributed by atoms with van der Waals surface area (Å²) in [7, 11) is 1.65. The highest BCUT2D eigenvalue weighted by atomic mass is 16.5. The standard InChI is InChI=1S/C31H33N5O4/c1-3-28(37)35-13-11-23(12-14-35)33-26-20-40-27-17-22(9-10-25(26)27)29-30(21-7-5-4-6-8-21)36-19-24(39-16-15-38-2)18-32-31(36)34-29/h3-10,17-19,23,26,33H,1,11-16,20H2,2H3/t26-/m0/s1. The molecule has 4 heterocycles. The van der Waals surface area contributed by atoms with Gasteiger partial charge in [-0.05, 0) is 25.0 Å². The number of nitrogens with zero attached hydrogens (tertiary/aromatic N) is 4. The molecule has 2 aliphatic rings. The Kier molecular flexibility index (Phi) is 7.48. The molecule has 1 saturated heterocycles.